The number of nitrogens with one attached hydrogen (secondary N) is 1. The lowest BCUT2D eigenvalue weighted by Gasteiger charge is -2.18. The first-order chi connectivity index (χ1) is 8.35. The molecule has 1 aromatic rings. The molecule has 0 spiro atoms. The van der Waals surface area contributed by atoms with Gasteiger partial charge in [-0.1, -0.05) is 6.07 Å². The van der Waals surface area contributed by atoms with E-state index in [4.69, 9.17) is 10.4 Å². The second-order valence-corrected chi connectivity index (χ2v) is 4.61. The van der Waals surface area contributed by atoms with E-state index >= 15 is 0 Å². The summed E-state index contributed by atoms with van der Waals surface area (Å²) in [6.07, 6.45) is -0.126. The highest BCUT2D eigenvalue weighted by Gasteiger charge is 2.30. The number of carbonyl (C=O) groups excluding carboxylic acids is 1. The van der Waals surface area contributed by atoms with Gasteiger partial charge in [-0.15, -0.1) is 0 Å². The highest BCUT2D eigenvalue weighted by atomic mass is 16.4. The first-order valence-electron chi connectivity index (χ1n) is 5.38. The molecule has 94 valence electrons. The Morgan fingerprint density at radius 1 is 1.44 bits per heavy atom. The molecule has 0 atom stereocenters. The molecule has 0 saturated heterocycles. The molecule has 18 heavy (non-hydrogen) atoms. The molecule has 0 saturated carbocycles. The lowest BCUT2D eigenvalue weighted by atomic mass is 9.89. The molecule has 0 radical (unpaired) electrons. The van der Waals surface area contributed by atoms with Crippen LogP contribution in [0.25, 0.3) is 0 Å². The van der Waals surface area contributed by atoms with Crippen LogP contribution in [0, 0.1) is 16.7 Å². The van der Waals surface area contributed by atoms with Crippen molar-refractivity contribution in [3.63, 3.8) is 0 Å². The third-order valence-electron chi connectivity index (χ3n) is 2.46. The fourth-order valence-corrected chi connectivity index (χ4v) is 1.35. The van der Waals surface area contributed by atoms with Crippen molar-refractivity contribution in [1.29, 1.82) is 5.26 Å². The standard InChI is InChI=1S/C13H14N2O3/c1-13(2,12(17)18)7-11(16)15-10-5-3-4-9(6-10)8-14/h3-6H,7H2,1-2H3,(H,15,16)(H,17,18). The quantitative estimate of drug-likeness (QED) is 0.850. The van der Waals surface area contributed by atoms with Gasteiger partial charge < -0.3 is 10.4 Å². The Bertz CT molecular complexity index is 515. The number of amides is 1. The number of carbonyl (C=O) groups is 2. The van der Waals surface area contributed by atoms with E-state index in [0.717, 1.165) is 0 Å². The predicted octanol–water partition coefficient (Wildman–Crippen LogP) is 2.00. The minimum atomic E-state index is -1.11. The van der Waals surface area contributed by atoms with E-state index in [9.17, 15) is 9.59 Å². The summed E-state index contributed by atoms with van der Waals surface area (Å²) in [5, 5.41) is 20.2. The average Bonchev–Trinajstić information content (AvgIpc) is 2.28. The van der Waals surface area contributed by atoms with Crippen LogP contribution in [-0.4, -0.2) is 17.0 Å². The number of aliphatic carboxylic acids is 1. The molecule has 0 aromatic heterocycles. The predicted molar refractivity (Wildman–Crippen MR) is 65.8 cm³/mol. The van der Waals surface area contributed by atoms with Crippen LogP contribution in [0.5, 0.6) is 0 Å². The van der Waals surface area contributed by atoms with Gasteiger partial charge in [0.1, 0.15) is 0 Å². The Morgan fingerprint density at radius 3 is 2.67 bits per heavy atom. The summed E-state index contributed by atoms with van der Waals surface area (Å²) >= 11 is 0. The molecule has 0 heterocycles. The van der Waals surface area contributed by atoms with Gasteiger partial charge in [0, 0.05) is 12.1 Å². The molecule has 0 aliphatic rings. The number of anilines is 1. The van der Waals surface area contributed by atoms with E-state index in [1.165, 1.54) is 19.9 Å². The van der Waals surface area contributed by atoms with Crippen molar-refractivity contribution in [3.05, 3.63) is 29.8 Å². The van der Waals surface area contributed by atoms with E-state index in [1.54, 1.807) is 18.2 Å². The maximum atomic E-state index is 11.7. The van der Waals surface area contributed by atoms with E-state index in [2.05, 4.69) is 5.32 Å². The van der Waals surface area contributed by atoms with Crippen molar-refractivity contribution in [3.8, 4) is 6.07 Å². The molecule has 5 heteroatoms. The lowest BCUT2D eigenvalue weighted by molar-refractivity contribution is -0.148. The summed E-state index contributed by atoms with van der Waals surface area (Å²) in [5.74, 6) is -1.42. The summed E-state index contributed by atoms with van der Waals surface area (Å²) in [7, 11) is 0. The second-order valence-electron chi connectivity index (χ2n) is 4.61. The fourth-order valence-electron chi connectivity index (χ4n) is 1.35. The normalized spacial score (nSPS) is 10.5. The van der Waals surface area contributed by atoms with Gasteiger partial charge in [0.25, 0.3) is 0 Å². The molecule has 1 amide bonds. The highest BCUT2D eigenvalue weighted by molar-refractivity contribution is 5.94. The summed E-state index contributed by atoms with van der Waals surface area (Å²) in [4.78, 5) is 22.6. The largest absolute Gasteiger partial charge is 0.481 e. The van der Waals surface area contributed by atoms with Crippen LogP contribution in [0.1, 0.15) is 25.8 Å². The molecule has 0 fully saturated rings. The van der Waals surface area contributed by atoms with Crippen molar-refractivity contribution >= 4 is 17.6 Å². The lowest BCUT2D eigenvalue weighted by Crippen LogP contribution is -2.29. The molecular weight excluding hydrogens is 232 g/mol. The zero-order valence-corrected chi connectivity index (χ0v) is 10.2. The van der Waals surface area contributed by atoms with E-state index < -0.39 is 17.3 Å². The van der Waals surface area contributed by atoms with E-state index in [1.807, 2.05) is 6.07 Å². The molecular formula is C13H14N2O3. The second kappa shape index (κ2) is 5.32. The van der Waals surface area contributed by atoms with Crippen LogP contribution in [0.4, 0.5) is 5.69 Å². The first-order valence-corrected chi connectivity index (χ1v) is 5.38. The van der Waals surface area contributed by atoms with Crippen LogP contribution >= 0.6 is 0 Å². The number of nitriles is 1. The zero-order chi connectivity index (χ0) is 13.8. The molecule has 5 nitrogen and oxygen atoms in total. The van der Waals surface area contributed by atoms with Crippen molar-refractivity contribution < 1.29 is 14.7 Å². The van der Waals surface area contributed by atoms with Gasteiger partial charge in [0.15, 0.2) is 0 Å². The van der Waals surface area contributed by atoms with Gasteiger partial charge >= 0.3 is 5.97 Å². The molecule has 1 rings (SSSR count). The third kappa shape index (κ3) is 3.59. The minimum absolute atomic E-state index is 0.126. The number of hydrogen-bond donors (Lipinski definition) is 2. The van der Waals surface area contributed by atoms with E-state index in [0.29, 0.717) is 11.3 Å². The molecule has 1 aromatic carbocycles. The number of carboxylic acid groups (broad SMARTS) is 1. The van der Waals surface area contributed by atoms with E-state index in [-0.39, 0.29) is 6.42 Å². The van der Waals surface area contributed by atoms with Crippen molar-refractivity contribution in [1.82, 2.24) is 0 Å². The Kier molecular flexibility index (Phi) is 4.05. The Hall–Kier alpha value is -2.35. The number of nitrogens with zero attached hydrogens (tertiary/aromatic N) is 1. The molecule has 0 unspecified atom stereocenters. The maximum Gasteiger partial charge on any atom is 0.309 e. The number of carboxylic acids is 1. The first kappa shape index (κ1) is 13.7. The SMILES string of the molecule is CC(C)(CC(=O)Nc1cccc(C#N)c1)C(=O)O. The number of benzene rings is 1. The Morgan fingerprint density at radius 2 is 2.11 bits per heavy atom. The van der Waals surface area contributed by atoms with Gasteiger partial charge in [0.05, 0.1) is 17.0 Å². The van der Waals surface area contributed by atoms with Gasteiger partial charge in [-0.25, -0.2) is 0 Å². The smallest absolute Gasteiger partial charge is 0.309 e. The molecule has 0 aliphatic carbocycles. The fraction of sp³-hybridized carbons (Fsp3) is 0.308. The van der Waals surface area contributed by atoms with Crippen LogP contribution in [-0.2, 0) is 9.59 Å². The summed E-state index contributed by atoms with van der Waals surface area (Å²) in [6.45, 7) is 2.97. The minimum Gasteiger partial charge on any atom is -0.481 e. The van der Waals surface area contributed by atoms with Gasteiger partial charge in [-0.05, 0) is 32.0 Å². The van der Waals surface area contributed by atoms with Crippen LogP contribution in [0.15, 0.2) is 24.3 Å². The van der Waals surface area contributed by atoms with Crippen molar-refractivity contribution in [2.45, 2.75) is 20.3 Å². The maximum absolute atomic E-state index is 11.7. The molecule has 0 aliphatic heterocycles. The zero-order valence-electron chi connectivity index (χ0n) is 10.2. The summed E-state index contributed by atoms with van der Waals surface area (Å²) in [5.41, 5.74) is -0.192. The van der Waals surface area contributed by atoms with Crippen molar-refractivity contribution in [2.75, 3.05) is 5.32 Å². The van der Waals surface area contributed by atoms with Crippen molar-refractivity contribution in [2.24, 2.45) is 5.41 Å². The summed E-state index contributed by atoms with van der Waals surface area (Å²) < 4.78 is 0. The van der Waals surface area contributed by atoms with Crippen LogP contribution < -0.4 is 5.32 Å². The van der Waals surface area contributed by atoms with Crippen LogP contribution in [0.2, 0.25) is 0 Å². The van der Waals surface area contributed by atoms with Gasteiger partial charge in [-0.2, -0.15) is 5.26 Å². The third-order valence-corrected chi connectivity index (χ3v) is 2.46. The number of hydrogen-bond acceptors (Lipinski definition) is 3. The molecule has 2 N–H and O–H groups in total. The Balaban J connectivity index is 2.71. The number of rotatable bonds is 4. The van der Waals surface area contributed by atoms with Crippen LogP contribution in [0.3, 0.4) is 0 Å². The summed E-state index contributed by atoms with van der Waals surface area (Å²) in [6, 6.07) is 8.41. The highest BCUT2D eigenvalue weighted by Crippen LogP contribution is 2.21. The van der Waals surface area contributed by atoms with Gasteiger partial charge in [0.2, 0.25) is 5.91 Å². The average molecular weight is 246 g/mol. The molecule has 0 bridgehead atoms. The topological polar surface area (TPSA) is 90.2 Å². The Labute approximate surface area is 105 Å². The monoisotopic (exact) mass is 246 g/mol. The van der Waals surface area contributed by atoms with Gasteiger partial charge in [-0.3, -0.25) is 9.59 Å².